The molecule has 0 saturated heterocycles. The van der Waals surface area contributed by atoms with Gasteiger partial charge in [0, 0.05) is 87.1 Å². The van der Waals surface area contributed by atoms with Gasteiger partial charge in [-0.25, -0.2) is 0 Å². The Kier molecular flexibility index (Phi) is 30.7. The van der Waals surface area contributed by atoms with Gasteiger partial charge in [0.25, 0.3) is 11.8 Å². The van der Waals surface area contributed by atoms with Crippen LogP contribution in [-0.4, -0.2) is 130 Å². The molecule has 8 rings (SSSR count). The zero-order valence-electron chi connectivity index (χ0n) is 47.2. The van der Waals surface area contributed by atoms with Gasteiger partial charge in [0.05, 0.1) is 56.6 Å². The number of ether oxygens (including phenoxy) is 5. The molecular weight excluding hydrogens is 1200 g/mol. The third-order valence-electron chi connectivity index (χ3n) is 12.3. The quantitative estimate of drug-likeness (QED) is 0.0176. The molecule has 6 aromatic carbocycles. The summed E-state index contributed by atoms with van der Waals surface area (Å²) >= 11 is 15.0. The second-order valence-corrected chi connectivity index (χ2v) is 19.2. The SMILES string of the molecule is CCO.COc1ccc2c(c1)c(CC(=O)O)c(C)n2C(=O)c1ccc(Cl)cc1.COc1ccc2c(c1)c(CC(=O)OCC(=O)c1ccc(OCCCO)cc1)c(C)n2C(=O)c1ccc(Cl)cc1.O=C(CBr)c1ccc(OCCCO)cc1.[Na+].[OH-]. The first kappa shape index (κ1) is 71.4. The van der Waals surface area contributed by atoms with Gasteiger partial charge in [0.15, 0.2) is 18.2 Å². The first-order valence-corrected chi connectivity index (χ1v) is 27.6. The molecule has 18 nitrogen and oxygen atoms in total. The molecule has 22 heteroatoms. The predicted molar refractivity (Wildman–Crippen MR) is 319 cm³/mol. The van der Waals surface area contributed by atoms with Gasteiger partial charge < -0.3 is 49.6 Å². The number of methoxy groups -OCH3 is 2. The van der Waals surface area contributed by atoms with Gasteiger partial charge in [0.1, 0.15) is 23.0 Å². The van der Waals surface area contributed by atoms with Crippen LogP contribution < -0.4 is 48.5 Å². The van der Waals surface area contributed by atoms with Gasteiger partial charge >= 0.3 is 41.5 Å². The van der Waals surface area contributed by atoms with Crippen molar-refractivity contribution in [3.8, 4) is 23.0 Å². The van der Waals surface area contributed by atoms with Gasteiger partial charge in [-0.2, -0.15) is 0 Å². The van der Waals surface area contributed by atoms with Crippen molar-refractivity contribution in [3.05, 3.63) is 188 Å². The van der Waals surface area contributed by atoms with Gasteiger partial charge in [-0.3, -0.25) is 37.9 Å². The molecule has 0 unspecified atom stereocenters. The molecule has 2 aromatic heterocycles. The monoisotopic (exact) mass is 1260 g/mol. The number of rotatable bonds is 21. The molecule has 0 atom stereocenters. The van der Waals surface area contributed by atoms with E-state index < -0.39 is 18.5 Å². The Bertz CT molecular complexity index is 3460. The Morgan fingerprint density at radius 2 is 0.893 bits per heavy atom. The number of carboxylic acids is 1. The molecule has 0 spiro atoms. The van der Waals surface area contributed by atoms with E-state index in [1.807, 2.05) is 0 Å². The van der Waals surface area contributed by atoms with Crippen molar-refractivity contribution in [1.82, 2.24) is 9.13 Å². The molecule has 440 valence electrons. The Balaban J connectivity index is 0.000000351. The van der Waals surface area contributed by atoms with Crippen LogP contribution in [0.4, 0.5) is 0 Å². The van der Waals surface area contributed by atoms with Crippen molar-refractivity contribution in [3.63, 3.8) is 0 Å². The van der Waals surface area contributed by atoms with Crippen molar-refractivity contribution >= 4 is 96.3 Å². The van der Waals surface area contributed by atoms with Gasteiger partial charge in [-0.05, 0) is 165 Å². The number of carbonyl (C=O) groups is 6. The number of nitrogens with zero attached hydrogens (tertiary/aromatic N) is 2. The number of esters is 1. The van der Waals surface area contributed by atoms with E-state index in [2.05, 4.69) is 15.9 Å². The van der Waals surface area contributed by atoms with Crippen LogP contribution in [0, 0.1) is 13.8 Å². The first-order valence-electron chi connectivity index (χ1n) is 25.7. The van der Waals surface area contributed by atoms with Crippen LogP contribution in [0.2, 0.25) is 10.0 Å². The van der Waals surface area contributed by atoms with E-state index in [1.54, 1.807) is 166 Å². The average Bonchev–Trinajstić information content (AvgIpc) is 2.10. The smallest absolute Gasteiger partial charge is 0.870 e. The van der Waals surface area contributed by atoms with Crippen LogP contribution in [0.15, 0.2) is 133 Å². The van der Waals surface area contributed by atoms with Crippen molar-refractivity contribution in [1.29, 1.82) is 0 Å². The Morgan fingerprint density at radius 3 is 1.25 bits per heavy atom. The minimum absolute atomic E-state index is 0. The zero-order chi connectivity index (χ0) is 59.9. The molecule has 0 amide bonds. The first-order chi connectivity index (χ1) is 39.4. The van der Waals surface area contributed by atoms with Crippen LogP contribution >= 0.6 is 39.1 Å². The fraction of sp³-hybridized carbons (Fsp3) is 0.258. The maximum Gasteiger partial charge on any atom is 1.00 e. The summed E-state index contributed by atoms with van der Waals surface area (Å²) in [5.74, 6) is 0.115. The third-order valence-corrected chi connectivity index (χ3v) is 13.3. The fourth-order valence-electron chi connectivity index (χ4n) is 8.23. The number of benzene rings is 6. The summed E-state index contributed by atoms with van der Waals surface area (Å²) in [5, 5.41) is 37.0. The van der Waals surface area contributed by atoms with E-state index in [1.165, 1.54) is 11.7 Å². The predicted octanol–water partition coefficient (Wildman–Crippen LogP) is 7.81. The van der Waals surface area contributed by atoms with Crippen molar-refractivity contribution in [2.75, 3.05) is 59.2 Å². The van der Waals surface area contributed by atoms with Crippen LogP contribution in [0.1, 0.15) is 83.7 Å². The normalized spacial score (nSPS) is 10.3. The van der Waals surface area contributed by atoms with E-state index >= 15 is 0 Å². The molecule has 0 bridgehead atoms. The third kappa shape index (κ3) is 19.9. The molecular formula is C62H64BrCl2N2NaO16. The van der Waals surface area contributed by atoms with Crippen molar-refractivity contribution in [2.24, 2.45) is 0 Å². The van der Waals surface area contributed by atoms with Crippen LogP contribution in [-0.2, 0) is 27.2 Å². The number of aliphatic hydroxyl groups is 3. The summed E-state index contributed by atoms with van der Waals surface area (Å²) in [6, 6.07) is 37.2. The molecule has 0 aliphatic rings. The van der Waals surface area contributed by atoms with Gasteiger partial charge in [-0.15, -0.1) is 0 Å². The molecule has 0 aliphatic heterocycles. The molecule has 2 heterocycles. The summed E-state index contributed by atoms with van der Waals surface area (Å²) in [6.07, 6.45) is 0.816. The fourth-order valence-corrected chi connectivity index (χ4v) is 8.80. The Labute approximate surface area is 526 Å². The number of halogens is 3. The van der Waals surface area contributed by atoms with E-state index in [0.717, 1.165) is 5.75 Å². The number of alkyl halides is 1. The standard InChI is InChI=1S/C30H28ClNO7.C19H16ClNO4.C11H13BrO3.C2H6O.Na.H2O/c1-19-25(17-29(35)39-18-28(34)20-6-10-23(11-7-20)38-15-3-14-33)26-16-24(37-2)12-13-27(26)32(19)30(36)21-4-8-22(31)9-5-21;1-11-15(10-18(22)23)16-9-14(25-2)7-8-17(16)21(11)19(24)12-3-5-13(20)6-4-12;12-8-11(14)9-2-4-10(5-3-9)15-7-1-6-13;1-2-3;;/h4-13,16,33H,3,14-15,17-18H2,1-2H3;3-9H,10H2,1-2H3,(H,22,23);2-5,13H,1,6-8H2;3H,2H2,1H3;;1H2/q;;;;+1;/p-1. The molecule has 0 aliphatic carbocycles. The minimum Gasteiger partial charge on any atom is -0.870 e. The number of aliphatic hydroxyl groups excluding tert-OH is 3. The van der Waals surface area contributed by atoms with E-state index in [9.17, 15) is 33.9 Å². The van der Waals surface area contributed by atoms with Gasteiger partial charge in [0.2, 0.25) is 0 Å². The molecule has 0 saturated carbocycles. The number of fused-ring (bicyclic) bond motifs is 2. The number of aromatic nitrogens is 2. The number of aliphatic carboxylic acids is 1. The van der Waals surface area contributed by atoms with Crippen LogP contribution in [0.5, 0.6) is 23.0 Å². The minimum atomic E-state index is -0.955. The maximum atomic E-state index is 13.4. The number of carboxylic acid groups (broad SMARTS) is 1. The summed E-state index contributed by atoms with van der Waals surface area (Å²) in [4.78, 5) is 74.4. The largest absolute Gasteiger partial charge is 1.00 e. The Hall–Kier alpha value is -6.88. The topological polar surface area (TPSA) is 269 Å². The number of Topliss-reactive ketones (excluding diaryl/α,β-unsaturated/α-hetero) is 2. The molecule has 8 aromatic rings. The number of ketones is 2. The summed E-state index contributed by atoms with van der Waals surface area (Å²) < 4.78 is 29.8. The van der Waals surface area contributed by atoms with Crippen molar-refractivity contribution in [2.45, 2.75) is 46.5 Å². The second-order valence-electron chi connectivity index (χ2n) is 17.8. The summed E-state index contributed by atoms with van der Waals surface area (Å²) in [5.41, 5.74) is 5.62. The van der Waals surface area contributed by atoms with E-state index in [-0.39, 0.29) is 91.1 Å². The van der Waals surface area contributed by atoms with E-state index in [4.69, 9.17) is 62.2 Å². The van der Waals surface area contributed by atoms with Crippen LogP contribution in [0.25, 0.3) is 21.8 Å². The second kappa shape index (κ2) is 36.1. The maximum absolute atomic E-state index is 13.4. The van der Waals surface area contributed by atoms with Crippen LogP contribution in [0.3, 0.4) is 0 Å². The number of carbonyl (C=O) groups excluding carboxylic acids is 5. The van der Waals surface area contributed by atoms with Gasteiger partial charge in [-0.1, -0.05) is 39.1 Å². The molecule has 84 heavy (non-hydrogen) atoms. The number of hydrogen-bond donors (Lipinski definition) is 4. The molecule has 0 radical (unpaired) electrons. The zero-order valence-corrected chi connectivity index (χ0v) is 52.3. The van der Waals surface area contributed by atoms with E-state index in [0.29, 0.717) is 125 Å². The average molecular weight is 1270 g/mol. The molecule has 0 fully saturated rings. The summed E-state index contributed by atoms with van der Waals surface area (Å²) in [7, 11) is 3.08. The molecule has 5 N–H and O–H groups in total. The van der Waals surface area contributed by atoms with Crippen molar-refractivity contribution < 1.29 is 108 Å². The Morgan fingerprint density at radius 1 is 0.536 bits per heavy atom. The number of hydrogen-bond acceptors (Lipinski definition) is 15. The summed E-state index contributed by atoms with van der Waals surface area (Å²) in [6.45, 7) is 6.04.